The molecular weight excluding hydrogens is 392 g/mol. The average Bonchev–Trinajstić information content (AvgIpc) is 3.54. The highest BCUT2D eigenvalue weighted by Gasteiger charge is 2.37. The molecule has 31 heavy (non-hydrogen) atoms. The first-order valence-corrected chi connectivity index (χ1v) is 11.2. The van der Waals surface area contributed by atoms with E-state index in [2.05, 4.69) is 33.3 Å². The Labute approximate surface area is 182 Å². The average molecular weight is 423 g/mol. The fourth-order valence-electron chi connectivity index (χ4n) is 5.01. The molecule has 0 unspecified atom stereocenters. The molecule has 0 bridgehead atoms. The number of nitrogens with zero attached hydrogens (tertiary/aromatic N) is 5. The maximum atomic E-state index is 12.7. The number of likely N-dealkylation sites (tertiary alicyclic amines) is 1. The molecule has 3 aliphatic rings. The van der Waals surface area contributed by atoms with Gasteiger partial charge in [0.15, 0.2) is 5.78 Å². The van der Waals surface area contributed by atoms with Gasteiger partial charge >= 0.3 is 0 Å². The second-order valence-corrected chi connectivity index (χ2v) is 8.81. The largest absolute Gasteiger partial charge is 0.354 e. The zero-order valence-corrected chi connectivity index (χ0v) is 18.0. The number of ketones is 1. The molecule has 0 spiro atoms. The molecule has 164 valence electrons. The first kappa shape index (κ1) is 20.2. The van der Waals surface area contributed by atoms with Crippen molar-refractivity contribution in [1.29, 1.82) is 0 Å². The van der Waals surface area contributed by atoms with Crippen molar-refractivity contribution in [3.63, 3.8) is 0 Å². The fraction of sp³-hybridized carbons (Fsp3) is 0.522. The Balaban J connectivity index is 1.19. The second-order valence-electron chi connectivity index (χ2n) is 8.81. The summed E-state index contributed by atoms with van der Waals surface area (Å²) >= 11 is 0. The Morgan fingerprint density at radius 1 is 1.10 bits per heavy atom. The Morgan fingerprint density at radius 3 is 2.58 bits per heavy atom. The number of carbonyl (C=O) groups is 2. The van der Waals surface area contributed by atoms with Crippen LogP contribution >= 0.6 is 0 Å². The van der Waals surface area contributed by atoms with Crippen molar-refractivity contribution in [1.82, 2.24) is 24.9 Å². The number of para-hydroxylation sites is 1. The van der Waals surface area contributed by atoms with Gasteiger partial charge in [0.25, 0.3) is 0 Å². The summed E-state index contributed by atoms with van der Waals surface area (Å²) in [4.78, 5) is 30.8. The lowest BCUT2D eigenvalue weighted by molar-refractivity contribution is -0.133. The first-order valence-electron chi connectivity index (χ1n) is 11.2. The van der Waals surface area contributed by atoms with Crippen molar-refractivity contribution >= 4 is 17.5 Å². The van der Waals surface area contributed by atoms with Crippen LogP contribution < -0.4 is 10.2 Å². The maximum Gasteiger partial charge on any atom is 0.240 e. The number of aromatic nitrogens is 2. The van der Waals surface area contributed by atoms with E-state index in [1.807, 2.05) is 29.8 Å². The molecule has 1 aromatic heterocycles. The van der Waals surface area contributed by atoms with Crippen molar-refractivity contribution in [2.45, 2.75) is 31.8 Å². The third-order valence-corrected chi connectivity index (χ3v) is 6.71. The van der Waals surface area contributed by atoms with E-state index in [9.17, 15) is 9.59 Å². The minimum atomic E-state index is -0.156. The van der Waals surface area contributed by atoms with E-state index in [0.717, 1.165) is 56.3 Å². The Hall–Kier alpha value is -2.71. The van der Waals surface area contributed by atoms with Crippen LogP contribution in [0.5, 0.6) is 0 Å². The predicted octanol–water partition coefficient (Wildman–Crippen LogP) is 0.835. The van der Waals surface area contributed by atoms with Gasteiger partial charge in [-0.1, -0.05) is 18.2 Å². The number of Topliss-reactive ketones (excluding diaryl/α,β-unsaturated/α-hetero) is 1. The van der Waals surface area contributed by atoms with Crippen molar-refractivity contribution in [2.24, 2.45) is 0 Å². The van der Waals surface area contributed by atoms with Crippen LogP contribution in [0.1, 0.15) is 18.5 Å². The number of anilines is 1. The summed E-state index contributed by atoms with van der Waals surface area (Å²) in [5.74, 6) is 1.40. The lowest BCUT2D eigenvalue weighted by Crippen LogP contribution is -2.51. The smallest absolute Gasteiger partial charge is 0.240 e. The molecule has 4 heterocycles. The minimum Gasteiger partial charge on any atom is -0.354 e. The number of hydrogen-bond donors (Lipinski definition) is 1. The molecule has 3 saturated heterocycles. The summed E-state index contributed by atoms with van der Waals surface area (Å²) < 4.78 is 2.04. The van der Waals surface area contributed by atoms with Gasteiger partial charge in [0.2, 0.25) is 5.91 Å². The molecule has 2 aromatic rings. The zero-order chi connectivity index (χ0) is 21.4. The molecule has 1 N–H and O–H groups in total. The number of aryl methyl sites for hydroxylation is 1. The van der Waals surface area contributed by atoms with Gasteiger partial charge < -0.3 is 15.1 Å². The summed E-state index contributed by atoms with van der Waals surface area (Å²) in [6.45, 7) is 7.54. The van der Waals surface area contributed by atoms with Crippen LogP contribution in [0.2, 0.25) is 0 Å². The summed E-state index contributed by atoms with van der Waals surface area (Å²) in [5.41, 5.74) is 2.10. The van der Waals surface area contributed by atoms with E-state index < -0.39 is 0 Å². The lowest BCUT2D eigenvalue weighted by Gasteiger charge is -2.38. The third-order valence-electron chi connectivity index (χ3n) is 6.71. The topological polar surface area (TPSA) is 73.7 Å². The van der Waals surface area contributed by atoms with Gasteiger partial charge in [0, 0.05) is 57.8 Å². The molecule has 1 amide bonds. The van der Waals surface area contributed by atoms with Gasteiger partial charge in [0.05, 0.1) is 24.0 Å². The molecule has 3 aliphatic heterocycles. The van der Waals surface area contributed by atoms with Crippen molar-refractivity contribution in [3.05, 3.63) is 42.1 Å². The highest BCUT2D eigenvalue weighted by molar-refractivity contribution is 5.91. The van der Waals surface area contributed by atoms with E-state index in [0.29, 0.717) is 19.0 Å². The molecule has 1 aromatic carbocycles. The van der Waals surface area contributed by atoms with Crippen LogP contribution in [0, 0.1) is 6.92 Å². The molecule has 2 atom stereocenters. The Kier molecular flexibility index (Phi) is 5.50. The first-order chi connectivity index (χ1) is 15.1. The van der Waals surface area contributed by atoms with Gasteiger partial charge in [-0.05, 0) is 25.5 Å². The second kappa shape index (κ2) is 8.43. The minimum absolute atomic E-state index is 0.0919. The summed E-state index contributed by atoms with van der Waals surface area (Å²) in [6.07, 6.45) is 1.33. The number of hydrogen-bond acceptors (Lipinski definition) is 6. The van der Waals surface area contributed by atoms with Gasteiger partial charge in [-0.3, -0.25) is 14.5 Å². The van der Waals surface area contributed by atoms with Crippen LogP contribution in [-0.4, -0.2) is 89.2 Å². The predicted molar refractivity (Wildman–Crippen MR) is 118 cm³/mol. The number of carbonyl (C=O) groups excluding carboxylic acids is 2. The van der Waals surface area contributed by atoms with Crippen molar-refractivity contribution in [2.75, 3.05) is 50.7 Å². The highest BCUT2D eigenvalue weighted by atomic mass is 16.2. The van der Waals surface area contributed by atoms with Crippen molar-refractivity contribution in [3.8, 4) is 5.69 Å². The molecule has 3 fully saturated rings. The zero-order valence-electron chi connectivity index (χ0n) is 18.0. The standard InChI is InChI=1S/C23H30N6O2/c1-17-13-22(29(25-17)18-5-3-2-4-6-18)27-11-9-26(10-12-27)19-14-21(24-15-19)23(31)28-8-7-20(30)16-28/h2-6,13,19,21,24H,7-12,14-16H2,1H3/t19-,21-/m0/s1. The van der Waals surface area contributed by atoms with E-state index in [1.54, 1.807) is 4.90 Å². The van der Waals surface area contributed by atoms with Crippen LogP contribution in [0.4, 0.5) is 5.82 Å². The summed E-state index contributed by atoms with van der Waals surface area (Å²) in [7, 11) is 0. The number of piperazine rings is 1. The monoisotopic (exact) mass is 422 g/mol. The molecule has 0 saturated carbocycles. The third kappa shape index (κ3) is 4.09. The lowest BCUT2D eigenvalue weighted by atomic mass is 10.1. The number of rotatable bonds is 4. The molecule has 8 nitrogen and oxygen atoms in total. The molecule has 0 aliphatic carbocycles. The van der Waals surface area contributed by atoms with Crippen molar-refractivity contribution < 1.29 is 9.59 Å². The van der Waals surface area contributed by atoms with E-state index >= 15 is 0 Å². The normalized spacial score (nSPS) is 24.9. The van der Waals surface area contributed by atoms with Gasteiger partial charge in [-0.15, -0.1) is 0 Å². The Morgan fingerprint density at radius 2 is 1.87 bits per heavy atom. The molecule has 8 heteroatoms. The number of benzene rings is 1. The quantitative estimate of drug-likeness (QED) is 0.787. The molecule has 5 rings (SSSR count). The summed E-state index contributed by atoms with van der Waals surface area (Å²) in [5, 5.41) is 8.11. The van der Waals surface area contributed by atoms with Gasteiger partial charge in [-0.2, -0.15) is 5.10 Å². The van der Waals surface area contributed by atoms with Gasteiger partial charge in [-0.25, -0.2) is 4.68 Å². The van der Waals surface area contributed by atoms with E-state index in [4.69, 9.17) is 5.10 Å². The summed E-state index contributed by atoms with van der Waals surface area (Å²) in [6, 6.07) is 12.6. The van der Waals surface area contributed by atoms with E-state index in [-0.39, 0.29) is 24.3 Å². The SMILES string of the molecule is Cc1cc(N2CCN([C@@H]3CN[C@H](C(=O)N4CCC(=O)C4)C3)CC2)n(-c2ccccc2)n1. The number of amides is 1. The van der Waals surface area contributed by atoms with Crippen LogP contribution in [0.3, 0.4) is 0 Å². The maximum absolute atomic E-state index is 12.7. The Bertz CT molecular complexity index is 950. The van der Waals surface area contributed by atoms with Crippen LogP contribution in [-0.2, 0) is 9.59 Å². The molecular formula is C23H30N6O2. The van der Waals surface area contributed by atoms with Crippen LogP contribution in [0.25, 0.3) is 5.69 Å². The highest BCUT2D eigenvalue weighted by Crippen LogP contribution is 2.24. The molecule has 0 radical (unpaired) electrons. The fourth-order valence-corrected chi connectivity index (χ4v) is 5.01. The number of nitrogens with one attached hydrogen (secondary N) is 1. The van der Waals surface area contributed by atoms with Gasteiger partial charge in [0.1, 0.15) is 5.82 Å². The van der Waals surface area contributed by atoms with Crippen LogP contribution in [0.15, 0.2) is 36.4 Å². The van der Waals surface area contributed by atoms with E-state index in [1.165, 1.54) is 0 Å².